The molecule has 0 saturated heterocycles. The topological polar surface area (TPSA) is 39.4 Å². The largest absolute Gasteiger partial charge is 0.463 e. The molecule has 0 aliphatic heterocycles. The molecule has 1 aromatic rings. The van der Waals surface area contributed by atoms with E-state index in [9.17, 15) is 4.79 Å². The van der Waals surface area contributed by atoms with E-state index >= 15 is 0 Å². The Kier molecular flexibility index (Phi) is 4.93. The van der Waals surface area contributed by atoms with Crippen LogP contribution in [0.15, 0.2) is 16.5 Å². The summed E-state index contributed by atoms with van der Waals surface area (Å²) in [5, 5.41) is 0.265. The molecule has 0 N–H and O–H groups in total. The molecule has 0 saturated carbocycles. The minimum Gasteiger partial charge on any atom is -0.463 e. The molecule has 0 bridgehead atoms. The van der Waals surface area contributed by atoms with Crippen molar-refractivity contribution in [2.75, 3.05) is 12.9 Å². The predicted octanol–water partition coefficient (Wildman–Crippen LogP) is 3.52. The lowest BCUT2D eigenvalue weighted by Crippen LogP contribution is -1.98. The van der Waals surface area contributed by atoms with Gasteiger partial charge in [0.25, 0.3) is 0 Å². The molecule has 1 heterocycles. The van der Waals surface area contributed by atoms with E-state index in [2.05, 4.69) is 25.5 Å². The molecule has 0 spiro atoms. The predicted molar refractivity (Wildman–Crippen MR) is 65.8 cm³/mol. The van der Waals surface area contributed by atoms with Crippen molar-refractivity contribution >= 4 is 17.7 Å². The fourth-order valence-electron chi connectivity index (χ4n) is 1.20. The van der Waals surface area contributed by atoms with E-state index in [1.165, 1.54) is 7.11 Å². The molecular weight excluding hydrogens is 224 g/mol. The SMILES string of the molecule is COC(=O)c1ccc(C(C)SCC(C)C)o1. The minimum atomic E-state index is -0.424. The Morgan fingerprint density at radius 2 is 2.12 bits per heavy atom. The van der Waals surface area contributed by atoms with Gasteiger partial charge in [-0.15, -0.1) is 0 Å². The average molecular weight is 242 g/mol. The fourth-order valence-corrected chi connectivity index (χ4v) is 2.17. The van der Waals surface area contributed by atoms with Gasteiger partial charge in [0, 0.05) is 0 Å². The van der Waals surface area contributed by atoms with Crippen LogP contribution in [0.2, 0.25) is 0 Å². The molecule has 0 aromatic carbocycles. The lowest BCUT2D eigenvalue weighted by Gasteiger charge is -2.09. The van der Waals surface area contributed by atoms with Gasteiger partial charge < -0.3 is 9.15 Å². The maximum Gasteiger partial charge on any atom is 0.373 e. The van der Waals surface area contributed by atoms with Crippen molar-refractivity contribution in [2.24, 2.45) is 5.92 Å². The van der Waals surface area contributed by atoms with Crippen LogP contribution in [0, 0.1) is 5.92 Å². The average Bonchev–Trinajstić information content (AvgIpc) is 2.74. The van der Waals surface area contributed by atoms with Crippen LogP contribution in [0.1, 0.15) is 42.3 Å². The molecular formula is C12H18O3S. The number of ether oxygens (including phenoxy) is 1. The zero-order chi connectivity index (χ0) is 12.1. The van der Waals surface area contributed by atoms with E-state index in [1.54, 1.807) is 6.07 Å². The van der Waals surface area contributed by atoms with E-state index in [4.69, 9.17) is 4.42 Å². The summed E-state index contributed by atoms with van der Waals surface area (Å²) in [6.45, 7) is 6.44. The highest BCUT2D eigenvalue weighted by Gasteiger charge is 2.15. The second kappa shape index (κ2) is 5.99. The Morgan fingerprint density at radius 1 is 1.44 bits per heavy atom. The summed E-state index contributed by atoms with van der Waals surface area (Å²) >= 11 is 1.82. The molecule has 1 atom stereocenters. The van der Waals surface area contributed by atoms with Crippen LogP contribution in [-0.2, 0) is 4.74 Å². The highest BCUT2D eigenvalue weighted by Crippen LogP contribution is 2.30. The third-order valence-corrected chi connectivity index (χ3v) is 3.69. The van der Waals surface area contributed by atoms with Crippen LogP contribution in [0.5, 0.6) is 0 Å². The molecule has 0 radical (unpaired) electrons. The van der Waals surface area contributed by atoms with Gasteiger partial charge in [-0.2, -0.15) is 11.8 Å². The number of carbonyl (C=O) groups excluding carboxylic acids is 1. The maximum atomic E-state index is 11.2. The summed E-state index contributed by atoms with van der Waals surface area (Å²) in [4.78, 5) is 11.2. The van der Waals surface area contributed by atoms with Gasteiger partial charge in [0.2, 0.25) is 5.76 Å². The Labute approximate surface area is 101 Å². The molecule has 4 heteroatoms. The molecule has 3 nitrogen and oxygen atoms in total. The molecule has 1 aromatic heterocycles. The smallest absolute Gasteiger partial charge is 0.373 e. The van der Waals surface area contributed by atoms with Gasteiger partial charge >= 0.3 is 5.97 Å². The Hall–Kier alpha value is -0.900. The zero-order valence-corrected chi connectivity index (χ0v) is 11.0. The van der Waals surface area contributed by atoms with Gasteiger partial charge in [-0.05, 0) is 30.7 Å². The van der Waals surface area contributed by atoms with Gasteiger partial charge in [-0.3, -0.25) is 0 Å². The van der Waals surface area contributed by atoms with Gasteiger partial charge in [-0.25, -0.2) is 4.79 Å². The maximum absolute atomic E-state index is 11.2. The van der Waals surface area contributed by atoms with Crippen molar-refractivity contribution in [2.45, 2.75) is 26.0 Å². The van der Waals surface area contributed by atoms with Crippen LogP contribution in [0.25, 0.3) is 0 Å². The Bertz CT molecular complexity index is 344. The lowest BCUT2D eigenvalue weighted by atomic mass is 10.3. The lowest BCUT2D eigenvalue weighted by molar-refractivity contribution is 0.0563. The fraction of sp³-hybridized carbons (Fsp3) is 0.583. The summed E-state index contributed by atoms with van der Waals surface area (Å²) in [6, 6.07) is 3.50. The monoisotopic (exact) mass is 242 g/mol. The van der Waals surface area contributed by atoms with Crippen molar-refractivity contribution in [1.29, 1.82) is 0 Å². The van der Waals surface area contributed by atoms with Crippen LogP contribution < -0.4 is 0 Å². The Balaban J connectivity index is 2.59. The van der Waals surface area contributed by atoms with Crippen molar-refractivity contribution in [1.82, 2.24) is 0 Å². The van der Waals surface area contributed by atoms with E-state index in [1.807, 2.05) is 17.8 Å². The molecule has 16 heavy (non-hydrogen) atoms. The highest BCUT2D eigenvalue weighted by molar-refractivity contribution is 7.99. The summed E-state index contributed by atoms with van der Waals surface area (Å²) in [7, 11) is 1.35. The van der Waals surface area contributed by atoms with Gasteiger partial charge in [0.15, 0.2) is 0 Å². The van der Waals surface area contributed by atoms with Crippen molar-refractivity contribution in [3.8, 4) is 0 Å². The normalized spacial score (nSPS) is 12.8. The number of esters is 1. The summed E-state index contributed by atoms with van der Waals surface area (Å²) in [5.74, 6) is 2.41. The molecule has 1 unspecified atom stereocenters. The van der Waals surface area contributed by atoms with Crippen molar-refractivity contribution < 1.29 is 13.9 Å². The minimum absolute atomic E-state index is 0.265. The number of carbonyl (C=O) groups is 1. The van der Waals surface area contributed by atoms with Crippen LogP contribution >= 0.6 is 11.8 Å². The van der Waals surface area contributed by atoms with Gasteiger partial charge in [0.05, 0.1) is 12.4 Å². The molecule has 0 fully saturated rings. The summed E-state index contributed by atoms with van der Waals surface area (Å²) in [5.41, 5.74) is 0. The first-order valence-corrected chi connectivity index (χ1v) is 6.39. The number of thioether (sulfide) groups is 1. The van der Waals surface area contributed by atoms with Gasteiger partial charge in [0.1, 0.15) is 5.76 Å². The number of methoxy groups -OCH3 is 1. The van der Waals surface area contributed by atoms with Crippen LogP contribution in [0.4, 0.5) is 0 Å². The summed E-state index contributed by atoms with van der Waals surface area (Å²) < 4.78 is 10.0. The van der Waals surface area contributed by atoms with Crippen LogP contribution in [0.3, 0.4) is 0 Å². The van der Waals surface area contributed by atoms with Gasteiger partial charge in [-0.1, -0.05) is 13.8 Å². The van der Waals surface area contributed by atoms with Crippen molar-refractivity contribution in [3.05, 3.63) is 23.7 Å². The third-order valence-electron chi connectivity index (χ3n) is 2.09. The first-order chi connectivity index (χ1) is 7.54. The second-order valence-corrected chi connectivity index (χ2v) is 5.44. The Morgan fingerprint density at radius 3 is 2.69 bits per heavy atom. The molecule has 90 valence electrons. The van der Waals surface area contributed by atoms with E-state index in [0.717, 1.165) is 11.5 Å². The molecule has 0 aliphatic carbocycles. The number of furan rings is 1. The first kappa shape index (κ1) is 13.2. The van der Waals surface area contributed by atoms with E-state index < -0.39 is 5.97 Å². The zero-order valence-electron chi connectivity index (χ0n) is 10.1. The van der Waals surface area contributed by atoms with E-state index in [-0.39, 0.29) is 11.0 Å². The number of hydrogen-bond acceptors (Lipinski definition) is 4. The molecule has 1 rings (SSSR count). The number of rotatable bonds is 5. The number of hydrogen-bond donors (Lipinski definition) is 0. The molecule has 0 aliphatic rings. The third kappa shape index (κ3) is 3.59. The van der Waals surface area contributed by atoms with E-state index in [0.29, 0.717) is 5.92 Å². The van der Waals surface area contributed by atoms with Crippen LogP contribution in [-0.4, -0.2) is 18.8 Å². The standard InChI is InChI=1S/C12H18O3S/c1-8(2)7-16-9(3)10-5-6-11(15-10)12(13)14-4/h5-6,8-9H,7H2,1-4H3. The second-order valence-electron chi connectivity index (χ2n) is 4.06. The first-order valence-electron chi connectivity index (χ1n) is 5.34. The quantitative estimate of drug-likeness (QED) is 0.741. The van der Waals surface area contributed by atoms with Crippen molar-refractivity contribution in [3.63, 3.8) is 0 Å². The highest BCUT2D eigenvalue weighted by atomic mass is 32.2. The molecule has 0 amide bonds. The summed E-state index contributed by atoms with van der Waals surface area (Å²) in [6.07, 6.45) is 0.